The monoisotopic (exact) mass is 105 g/mol. The Morgan fingerprint density at radius 3 is 2.57 bits per heavy atom. The lowest BCUT2D eigenvalue weighted by molar-refractivity contribution is -0.374. The van der Waals surface area contributed by atoms with Crippen LogP contribution in [0.3, 0.4) is 0 Å². The second-order valence-electron chi connectivity index (χ2n) is 1.25. The molecule has 0 atom stereocenters. The Bertz CT molecular complexity index is 28.9. The largest absolute Gasteiger partial charge is 0.374 e. The number of rotatable bonds is 4. The van der Waals surface area contributed by atoms with Gasteiger partial charge in [0.2, 0.25) is 0 Å². The summed E-state index contributed by atoms with van der Waals surface area (Å²) in [6.07, 6.45) is 0. The van der Waals surface area contributed by atoms with Gasteiger partial charge in [0.25, 0.3) is 0 Å². The Hall–Kier alpha value is -0.120. The molecule has 0 bridgehead atoms. The summed E-state index contributed by atoms with van der Waals surface area (Å²) in [7, 11) is 0. The molecular formula is C4H13N2O+. The average Bonchev–Trinajstić information content (AvgIpc) is 1.69. The fourth-order valence-corrected chi connectivity index (χ4v) is 0.287. The maximum absolute atomic E-state index is 5.12. The first-order valence-electron chi connectivity index (χ1n) is 2.49. The van der Waals surface area contributed by atoms with Gasteiger partial charge in [0.15, 0.2) is 0 Å². The van der Waals surface area contributed by atoms with Crippen molar-refractivity contribution >= 4 is 0 Å². The van der Waals surface area contributed by atoms with Crippen molar-refractivity contribution in [3.8, 4) is 0 Å². The van der Waals surface area contributed by atoms with Crippen LogP contribution >= 0.6 is 0 Å². The molecule has 0 aliphatic rings. The van der Waals surface area contributed by atoms with Crippen molar-refractivity contribution < 1.29 is 10.5 Å². The molecule has 3 nitrogen and oxygen atoms in total. The van der Waals surface area contributed by atoms with Gasteiger partial charge in [0.1, 0.15) is 0 Å². The Labute approximate surface area is 43.6 Å². The van der Waals surface area contributed by atoms with Crippen molar-refractivity contribution in [3.05, 3.63) is 0 Å². The average molecular weight is 105 g/mol. The Balaban J connectivity index is 2.45. The van der Waals surface area contributed by atoms with Gasteiger partial charge in [0, 0.05) is 6.54 Å². The SMILES string of the molecule is NCCOCC[NH3+]. The summed E-state index contributed by atoms with van der Waals surface area (Å²) in [5.74, 6) is 0. The third kappa shape index (κ3) is 5.88. The molecule has 0 aromatic heterocycles. The van der Waals surface area contributed by atoms with Crippen molar-refractivity contribution in [2.24, 2.45) is 5.73 Å². The summed E-state index contributed by atoms with van der Waals surface area (Å²) in [6, 6.07) is 0. The van der Waals surface area contributed by atoms with E-state index in [-0.39, 0.29) is 0 Å². The van der Waals surface area contributed by atoms with Crippen LogP contribution in [-0.2, 0) is 4.74 Å². The topological polar surface area (TPSA) is 62.9 Å². The Kier molecular flexibility index (Phi) is 5.78. The molecule has 0 aromatic rings. The van der Waals surface area contributed by atoms with Crippen molar-refractivity contribution in [3.63, 3.8) is 0 Å². The first kappa shape index (κ1) is 6.88. The molecule has 5 N–H and O–H groups in total. The second kappa shape index (κ2) is 5.88. The maximum Gasteiger partial charge on any atom is 0.0977 e. The van der Waals surface area contributed by atoms with E-state index in [9.17, 15) is 0 Å². The van der Waals surface area contributed by atoms with E-state index in [0.29, 0.717) is 13.2 Å². The van der Waals surface area contributed by atoms with E-state index in [1.165, 1.54) is 0 Å². The van der Waals surface area contributed by atoms with E-state index in [1.807, 2.05) is 0 Å². The molecule has 0 radical (unpaired) electrons. The van der Waals surface area contributed by atoms with Crippen molar-refractivity contribution in [2.45, 2.75) is 0 Å². The molecule has 0 aromatic carbocycles. The molecule has 0 rings (SSSR count). The number of quaternary nitrogens is 1. The minimum Gasteiger partial charge on any atom is -0.374 e. The van der Waals surface area contributed by atoms with E-state index in [4.69, 9.17) is 10.5 Å². The van der Waals surface area contributed by atoms with Crippen LogP contribution in [0.1, 0.15) is 0 Å². The molecule has 0 saturated carbocycles. The summed E-state index contributed by atoms with van der Waals surface area (Å²) < 4.78 is 4.94. The van der Waals surface area contributed by atoms with Gasteiger partial charge >= 0.3 is 0 Å². The fourth-order valence-electron chi connectivity index (χ4n) is 0.287. The van der Waals surface area contributed by atoms with Gasteiger partial charge in [-0.2, -0.15) is 0 Å². The number of hydrogen-bond donors (Lipinski definition) is 2. The highest BCUT2D eigenvalue weighted by atomic mass is 16.5. The molecule has 44 valence electrons. The van der Waals surface area contributed by atoms with Crippen LogP contribution < -0.4 is 11.5 Å². The molecule has 0 amide bonds. The lowest BCUT2D eigenvalue weighted by atomic mass is 10.7. The minimum atomic E-state index is 0.611. The van der Waals surface area contributed by atoms with E-state index in [0.717, 1.165) is 13.2 Å². The molecule has 0 saturated heterocycles. The molecule has 0 spiro atoms. The predicted molar refractivity (Wildman–Crippen MR) is 27.6 cm³/mol. The van der Waals surface area contributed by atoms with Crippen LogP contribution in [0.4, 0.5) is 0 Å². The molecule has 0 aliphatic heterocycles. The maximum atomic E-state index is 5.12. The Morgan fingerprint density at radius 2 is 2.14 bits per heavy atom. The predicted octanol–water partition coefficient (Wildman–Crippen LogP) is -1.80. The van der Waals surface area contributed by atoms with Gasteiger partial charge in [-0.25, -0.2) is 0 Å². The van der Waals surface area contributed by atoms with Gasteiger partial charge in [0.05, 0.1) is 19.8 Å². The second-order valence-corrected chi connectivity index (χ2v) is 1.25. The smallest absolute Gasteiger partial charge is 0.0977 e. The first-order chi connectivity index (χ1) is 3.41. The normalized spacial score (nSPS) is 9.43. The van der Waals surface area contributed by atoms with Crippen molar-refractivity contribution in [1.82, 2.24) is 0 Å². The summed E-state index contributed by atoms with van der Waals surface area (Å²) in [5.41, 5.74) is 8.72. The van der Waals surface area contributed by atoms with E-state index in [2.05, 4.69) is 5.73 Å². The fraction of sp³-hybridized carbons (Fsp3) is 1.00. The summed E-state index contributed by atoms with van der Waals surface area (Å²) in [6.45, 7) is 2.84. The van der Waals surface area contributed by atoms with Gasteiger partial charge in [-0.3, -0.25) is 0 Å². The molecule has 0 fully saturated rings. The zero-order valence-corrected chi connectivity index (χ0v) is 4.52. The van der Waals surface area contributed by atoms with Gasteiger partial charge in [-0.15, -0.1) is 0 Å². The highest BCUT2D eigenvalue weighted by molar-refractivity contribution is 4.28. The van der Waals surface area contributed by atoms with Gasteiger partial charge < -0.3 is 16.2 Å². The Morgan fingerprint density at radius 1 is 1.43 bits per heavy atom. The van der Waals surface area contributed by atoms with Crippen LogP contribution in [0.2, 0.25) is 0 Å². The van der Waals surface area contributed by atoms with Crippen molar-refractivity contribution in [2.75, 3.05) is 26.3 Å². The highest BCUT2D eigenvalue weighted by Gasteiger charge is 1.80. The van der Waals surface area contributed by atoms with E-state index < -0.39 is 0 Å². The van der Waals surface area contributed by atoms with Crippen LogP contribution in [0, 0.1) is 0 Å². The molecular weight excluding hydrogens is 92.1 g/mol. The zero-order chi connectivity index (χ0) is 5.54. The van der Waals surface area contributed by atoms with E-state index in [1.54, 1.807) is 0 Å². The number of nitrogens with two attached hydrogens (primary N) is 1. The van der Waals surface area contributed by atoms with Crippen LogP contribution in [0.15, 0.2) is 0 Å². The number of hydrogen-bond acceptors (Lipinski definition) is 2. The lowest BCUT2D eigenvalue weighted by Crippen LogP contribution is -2.52. The third-order valence-corrected chi connectivity index (χ3v) is 0.551. The first-order valence-corrected chi connectivity index (χ1v) is 2.49. The van der Waals surface area contributed by atoms with Gasteiger partial charge in [-0.1, -0.05) is 0 Å². The number of ether oxygens (including phenoxy) is 1. The molecule has 0 heterocycles. The quantitative estimate of drug-likeness (QED) is 0.414. The third-order valence-electron chi connectivity index (χ3n) is 0.551. The van der Waals surface area contributed by atoms with Crippen LogP contribution in [0.25, 0.3) is 0 Å². The molecule has 7 heavy (non-hydrogen) atoms. The summed E-state index contributed by atoms with van der Waals surface area (Å²) in [4.78, 5) is 0. The highest BCUT2D eigenvalue weighted by Crippen LogP contribution is 1.64. The standard InChI is InChI=1S/C4H12N2O/c5-1-3-7-4-2-6/h1-6H2/p+1. The van der Waals surface area contributed by atoms with E-state index >= 15 is 0 Å². The molecule has 3 heteroatoms. The lowest BCUT2D eigenvalue weighted by Gasteiger charge is -1.94. The molecule has 0 aliphatic carbocycles. The zero-order valence-electron chi connectivity index (χ0n) is 4.52. The van der Waals surface area contributed by atoms with Crippen LogP contribution in [-0.4, -0.2) is 26.3 Å². The minimum absolute atomic E-state index is 0.611. The molecule has 0 unspecified atom stereocenters. The van der Waals surface area contributed by atoms with Crippen LogP contribution in [0.5, 0.6) is 0 Å². The van der Waals surface area contributed by atoms with Crippen molar-refractivity contribution in [1.29, 1.82) is 0 Å². The van der Waals surface area contributed by atoms with Gasteiger partial charge in [-0.05, 0) is 0 Å². The summed E-state index contributed by atoms with van der Waals surface area (Å²) >= 11 is 0. The summed E-state index contributed by atoms with van der Waals surface area (Å²) in [5, 5.41) is 0.